The number of hydrogen-bond donors (Lipinski definition) is 0. The average molecular weight is 481 g/mol. The fraction of sp³-hybridized carbons (Fsp3) is 0.680. The Bertz CT molecular complexity index is 846. The summed E-state index contributed by atoms with van der Waals surface area (Å²) >= 11 is 1.78. The second-order valence-electron chi connectivity index (χ2n) is 9.66. The first-order chi connectivity index (χ1) is 15.8. The van der Waals surface area contributed by atoms with Crippen molar-refractivity contribution in [3.8, 4) is 0 Å². The van der Waals surface area contributed by atoms with E-state index < -0.39 is 11.7 Å². The minimum atomic E-state index is -4.28. The van der Waals surface area contributed by atoms with E-state index in [0.717, 1.165) is 55.5 Å². The second-order valence-corrected chi connectivity index (χ2v) is 10.9. The van der Waals surface area contributed by atoms with Crippen molar-refractivity contribution in [3.05, 3.63) is 29.8 Å². The van der Waals surface area contributed by atoms with Crippen LogP contribution < -0.4 is 4.90 Å². The Balaban J connectivity index is 1.20. The molecule has 2 heterocycles. The van der Waals surface area contributed by atoms with E-state index in [4.69, 9.17) is 0 Å². The van der Waals surface area contributed by atoms with Gasteiger partial charge < -0.3 is 9.80 Å². The van der Waals surface area contributed by atoms with Crippen molar-refractivity contribution in [2.45, 2.75) is 64.6 Å². The van der Waals surface area contributed by atoms with Crippen molar-refractivity contribution >= 4 is 28.2 Å². The number of fused-ring (bicyclic) bond motifs is 1. The highest BCUT2D eigenvalue weighted by Crippen LogP contribution is 2.37. The van der Waals surface area contributed by atoms with E-state index >= 15 is 0 Å². The summed E-state index contributed by atoms with van der Waals surface area (Å²) in [7, 11) is 0. The molecule has 4 nitrogen and oxygen atoms in total. The second kappa shape index (κ2) is 10.8. The van der Waals surface area contributed by atoms with Gasteiger partial charge in [0.25, 0.3) is 0 Å². The number of nitrogens with zero attached hydrogens (tertiary/aromatic N) is 4. The largest absolute Gasteiger partial charge is 0.416 e. The van der Waals surface area contributed by atoms with Crippen LogP contribution in [0.3, 0.4) is 0 Å². The molecule has 2 unspecified atom stereocenters. The van der Waals surface area contributed by atoms with Crippen LogP contribution in [0.2, 0.25) is 0 Å². The van der Waals surface area contributed by atoms with Crippen molar-refractivity contribution < 1.29 is 13.2 Å². The van der Waals surface area contributed by atoms with E-state index in [9.17, 15) is 13.2 Å². The summed E-state index contributed by atoms with van der Waals surface area (Å²) in [5.74, 6) is 2.27. The van der Waals surface area contributed by atoms with E-state index in [1.807, 2.05) is 6.92 Å². The Hall–Kier alpha value is -1.54. The number of halogens is 3. The minimum Gasteiger partial charge on any atom is -0.367 e. The average Bonchev–Trinajstić information content (AvgIpc) is 3.52. The Labute approximate surface area is 199 Å². The molecular formula is C25H35F3N4S. The predicted molar refractivity (Wildman–Crippen MR) is 132 cm³/mol. The lowest BCUT2D eigenvalue weighted by Gasteiger charge is -2.27. The molecule has 2 atom stereocenters. The van der Waals surface area contributed by atoms with Gasteiger partial charge in [-0.1, -0.05) is 12.8 Å². The van der Waals surface area contributed by atoms with Crippen LogP contribution in [0.1, 0.15) is 57.9 Å². The number of alkyl halides is 3. The highest BCUT2D eigenvalue weighted by Gasteiger charge is 2.41. The molecule has 1 aliphatic carbocycles. The highest BCUT2D eigenvalue weighted by atomic mass is 32.2. The predicted octanol–water partition coefficient (Wildman–Crippen LogP) is 6.32. The van der Waals surface area contributed by atoms with Crippen LogP contribution in [0, 0.1) is 11.8 Å². The van der Waals surface area contributed by atoms with Crippen LogP contribution in [0.15, 0.2) is 34.5 Å². The van der Waals surface area contributed by atoms with Gasteiger partial charge in [-0.25, -0.2) is 0 Å². The lowest BCUT2D eigenvalue weighted by Crippen LogP contribution is -2.35. The zero-order chi connectivity index (χ0) is 23.4. The van der Waals surface area contributed by atoms with Crippen LogP contribution in [0.5, 0.6) is 0 Å². The normalized spacial score (nSPS) is 25.3. The standard InChI is InChI=1S/C25H35F3N4S/c1-18(20-6-3-4-7-20)29-30-19(2)33-15-5-13-31-16-21-12-14-32(24(21)17-31)23-10-8-22(9-11-23)25(26,27)28/h8-11,20-21,24H,3-7,12-17H2,1-2H3/b29-18+,30-19+. The summed E-state index contributed by atoms with van der Waals surface area (Å²) in [6.45, 7) is 8.21. The summed E-state index contributed by atoms with van der Waals surface area (Å²) < 4.78 is 38.6. The number of rotatable bonds is 7. The molecule has 1 aromatic rings. The van der Waals surface area contributed by atoms with Crippen LogP contribution in [0.25, 0.3) is 0 Å². The molecule has 0 spiro atoms. The molecule has 2 saturated heterocycles. The number of anilines is 1. The molecule has 33 heavy (non-hydrogen) atoms. The van der Waals surface area contributed by atoms with Gasteiger partial charge in [0.15, 0.2) is 0 Å². The number of likely N-dealkylation sites (tertiary alicyclic amines) is 1. The van der Waals surface area contributed by atoms with Gasteiger partial charge in [-0.3, -0.25) is 0 Å². The maximum atomic E-state index is 12.9. The van der Waals surface area contributed by atoms with Crippen molar-refractivity contribution in [3.63, 3.8) is 0 Å². The van der Waals surface area contributed by atoms with Crippen LogP contribution in [-0.2, 0) is 6.18 Å². The molecule has 182 valence electrons. The maximum Gasteiger partial charge on any atom is 0.416 e. The van der Waals surface area contributed by atoms with E-state index in [-0.39, 0.29) is 0 Å². The number of hydrogen-bond acceptors (Lipinski definition) is 5. The SMILES string of the molecule is C/C(=N\N=C(/C)C1CCCC1)SCCCN1CC2CCN(c3ccc(C(F)(F)F)cc3)C2C1. The zero-order valence-electron chi connectivity index (χ0n) is 19.7. The Morgan fingerprint density at radius 3 is 2.45 bits per heavy atom. The minimum absolute atomic E-state index is 0.408. The maximum absolute atomic E-state index is 12.9. The molecule has 0 bridgehead atoms. The fourth-order valence-electron chi connectivity index (χ4n) is 5.51. The third-order valence-corrected chi connectivity index (χ3v) is 8.37. The number of thioether (sulfide) groups is 1. The molecule has 4 rings (SSSR count). The van der Waals surface area contributed by atoms with Crippen LogP contribution >= 0.6 is 11.8 Å². The Morgan fingerprint density at radius 2 is 1.76 bits per heavy atom. The molecule has 3 fully saturated rings. The molecule has 8 heteroatoms. The molecule has 0 aromatic heterocycles. The van der Waals surface area contributed by atoms with Gasteiger partial charge in [0, 0.05) is 42.8 Å². The topological polar surface area (TPSA) is 31.2 Å². The third kappa shape index (κ3) is 6.32. The van der Waals surface area contributed by atoms with E-state index in [0.29, 0.717) is 17.9 Å². The highest BCUT2D eigenvalue weighted by molar-refractivity contribution is 8.13. The summed E-state index contributed by atoms with van der Waals surface area (Å²) in [4.78, 5) is 4.82. The third-order valence-electron chi connectivity index (χ3n) is 7.37. The van der Waals surface area contributed by atoms with Gasteiger partial charge in [0.1, 0.15) is 0 Å². The number of benzene rings is 1. The van der Waals surface area contributed by atoms with Gasteiger partial charge in [0.2, 0.25) is 0 Å². The summed E-state index contributed by atoms with van der Waals surface area (Å²) in [6, 6.07) is 6.07. The van der Waals surface area contributed by atoms with Gasteiger partial charge in [0.05, 0.1) is 10.6 Å². The lowest BCUT2D eigenvalue weighted by molar-refractivity contribution is -0.137. The van der Waals surface area contributed by atoms with Crippen molar-refractivity contribution in [2.24, 2.45) is 22.0 Å². The molecule has 1 saturated carbocycles. The van der Waals surface area contributed by atoms with Crippen LogP contribution in [-0.4, -0.2) is 53.6 Å². The lowest BCUT2D eigenvalue weighted by atomic mass is 10.0. The van der Waals surface area contributed by atoms with Crippen LogP contribution in [0.4, 0.5) is 18.9 Å². The fourth-order valence-corrected chi connectivity index (χ4v) is 6.17. The van der Waals surface area contributed by atoms with E-state index in [1.54, 1.807) is 23.9 Å². The smallest absolute Gasteiger partial charge is 0.367 e. The molecule has 0 radical (unpaired) electrons. The summed E-state index contributed by atoms with van der Waals surface area (Å²) in [5, 5.41) is 9.92. The van der Waals surface area contributed by atoms with E-state index in [2.05, 4.69) is 26.9 Å². The molecule has 0 N–H and O–H groups in total. The summed E-state index contributed by atoms with van der Waals surface area (Å²) in [6.07, 6.45) is 3.07. The van der Waals surface area contributed by atoms with E-state index in [1.165, 1.54) is 43.5 Å². The van der Waals surface area contributed by atoms with Gasteiger partial charge >= 0.3 is 6.18 Å². The van der Waals surface area contributed by atoms with Crippen molar-refractivity contribution in [2.75, 3.05) is 36.8 Å². The van der Waals surface area contributed by atoms with Crippen molar-refractivity contribution in [1.82, 2.24) is 4.90 Å². The molecule has 1 aromatic carbocycles. The zero-order valence-corrected chi connectivity index (χ0v) is 20.5. The Morgan fingerprint density at radius 1 is 1.03 bits per heavy atom. The first-order valence-electron chi connectivity index (χ1n) is 12.2. The monoisotopic (exact) mass is 480 g/mol. The summed E-state index contributed by atoms with van der Waals surface area (Å²) in [5.41, 5.74) is 1.51. The molecule has 0 amide bonds. The molecule has 3 aliphatic rings. The first-order valence-corrected chi connectivity index (χ1v) is 13.2. The molecular weight excluding hydrogens is 445 g/mol. The van der Waals surface area contributed by atoms with Crippen molar-refractivity contribution in [1.29, 1.82) is 0 Å². The Kier molecular flexibility index (Phi) is 8.05. The quantitative estimate of drug-likeness (QED) is 0.198. The first kappa shape index (κ1) is 24.6. The van der Waals surface area contributed by atoms with Gasteiger partial charge in [-0.2, -0.15) is 18.3 Å². The van der Waals surface area contributed by atoms with Gasteiger partial charge in [-0.15, -0.1) is 16.9 Å². The van der Waals surface area contributed by atoms with Gasteiger partial charge in [-0.05, 0) is 82.2 Å². The molecule has 2 aliphatic heterocycles.